The third-order valence-corrected chi connectivity index (χ3v) is 5.27. The van der Waals surface area contributed by atoms with Gasteiger partial charge in [0.05, 0.1) is 18.8 Å². The van der Waals surface area contributed by atoms with Crippen LogP contribution >= 0.6 is 0 Å². The van der Waals surface area contributed by atoms with Gasteiger partial charge < -0.3 is 14.5 Å². The van der Waals surface area contributed by atoms with Crippen LogP contribution in [0.3, 0.4) is 0 Å². The van der Waals surface area contributed by atoms with Gasteiger partial charge in [0.2, 0.25) is 0 Å². The third kappa shape index (κ3) is 4.26. The largest absolute Gasteiger partial charge is 0.378 e. The molecule has 0 unspecified atom stereocenters. The van der Waals surface area contributed by atoms with Crippen molar-refractivity contribution in [1.82, 2.24) is 9.88 Å². The Morgan fingerprint density at radius 2 is 1.79 bits per heavy atom. The summed E-state index contributed by atoms with van der Waals surface area (Å²) in [6, 6.07) is 4.25. The first kappa shape index (κ1) is 17.2. The highest BCUT2D eigenvalue weighted by atomic mass is 16.5. The summed E-state index contributed by atoms with van der Waals surface area (Å²) in [5.41, 5.74) is 0.691. The van der Waals surface area contributed by atoms with Gasteiger partial charge in [-0.1, -0.05) is 32.1 Å². The van der Waals surface area contributed by atoms with Crippen molar-refractivity contribution in [3.8, 4) is 0 Å². The van der Waals surface area contributed by atoms with E-state index in [0.717, 1.165) is 45.0 Å². The second kappa shape index (κ2) is 8.47. The van der Waals surface area contributed by atoms with Crippen molar-refractivity contribution in [2.24, 2.45) is 0 Å². The molecule has 0 radical (unpaired) electrons. The first-order valence-corrected chi connectivity index (χ1v) is 9.31. The third-order valence-electron chi connectivity index (χ3n) is 5.27. The summed E-state index contributed by atoms with van der Waals surface area (Å²) >= 11 is 0. The van der Waals surface area contributed by atoms with Gasteiger partial charge in [-0.3, -0.25) is 4.79 Å². The van der Waals surface area contributed by atoms with Crippen molar-refractivity contribution in [1.29, 1.82) is 0 Å². The van der Waals surface area contributed by atoms with Crippen molar-refractivity contribution in [2.75, 3.05) is 38.3 Å². The molecule has 0 N–H and O–H groups in total. The van der Waals surface area contributed by atoms with Crippen LogP contribution in [0.2, 0.25) is 0 Å². The molecule has 1 saturated carbocycles. The predicted molar refractivity (Wildman–Crippen MR) is 95.5 cm³/mol. The van der Waals surface area contributed by atoms with E-state index in [9.17, 15) is 4.79 Å². The van der Waals surface area contributed by atoms with Gasteiger partial charge >= 0.3 is 0 Å². The maximum absolute atomic E-state index is 12.8. The summed E-state index contributed by atoms with van der Waals surface area (Å²) in [7, 11) is 1.95. The molecule has 132 valence electrons. The zero-order valence-electron chi connectivity index (χ0n) is 14.7. The molecule has 1 amide bonds. The number of hydrogen-bond acceptors (Lipinski definition) is 4. The number of hydrogen-bond donors (Lipinski definition) is 0. The molecule has 1 aromatic heterocycles. The smallest absolute Gasteiger partial charge is 0.255 e. The normalized spacial score (nSPS) is 20.3. The SMILES string of the molecule is CN(C(=O)c1ccc(N2CCOCC2)nc1)C1CCCCCCC1. The van der Waals surface area contributed by atoms with Crippen molar-refractivity contribution in [3.63, 3.8) is 0 Å². The second-order valence-corrected chi connectivity index (χ2v) is 6.92. The Morgan fingerprint density at radius 1 is 1.12 bits per heavy atom. The fourth-order valence-electron chi connectivity index (χ4n) is 3.68. The molecule has 1 aliphatic heterocycles. The van der Waals surface area contributed by atoms with E-state index < -0.39 is 0 Å². The Hall–Kier alpha value is -1.62. The fourth-order valence-corrected chi connectivity index (χ4v) is 3.68. The molecule has 3 rings (SSSR count). The molecule has 5 heteroatoms. The van der Waals surface area contributed by atoms with Crippen LogP contribution in [-0.4, -0.2) is 55.2 Å². The average Bonchev–Trinajstić information content (AvgIpc) is 2.61. The van der Waals surface area contributed by atoms with Crippen LogP contribution in [-0.2, 0) is 4.74 Å². The van der Waals surface area contributed by atoms with Gasteiger partial charge in [0.1, 0.15) is 5.82 Å². The average molecular weight is 331 g/mol. The van der Waals surface area contributed by atoms with E-state index in [1.165, 1.54) is 32.1 Å². The van der Waals surface area contributed by atoms with E-state index in [2.05, 4.69) is 9.88 Å². The number of carbonyl (C=O) groups is 1. The Labute approximate surface area is 145 Å². The first-order chi connectivity index (χ1) is 11.8. The molecule has 0 atom stereocenters. The highest BCUT2D eigenvalue weighted by molar-refractivity contribution is 5.94. The molecule has 0 bridgehead atoms. The maximum atomic E-state index is 12.8. The number of rotatable bonds is 3. The standard InChI is InChI=1S/C19H29N3O2/c1-21(17-7-5-3-2-4-6-8-17)19(23)16-9-10-18(20-15-16)22-11-13-24-14-12-22/h9-10,15,17H,2-8,11-14H2,1H3. The molecule has 2 fully saturated rings. The maximum Gasteiger partial charge on any atom is 0.255 e. The van der Waals surface area contributed by atoms with E-state index in [0.29, 0.717) is 11.6 Å². The summed E-state index contributed by atoms with van der Waals surface area (Å²) in [4.78, 5) is 21.4. The molecular formula is C19H29N3O2. The van der Waals surface area contributed by atoms with Crippen molar-refractivity contribution < 1.29 is 9.53 Å². The van der Waals surface area contributed by atoms with Gasteiger partial charge in [-0.25, -0.2) is 4.98 Å². The van der Waals surface area contributed by atoms with Gasteiger partial charge in [0, 0.05) is 32.4 Å². The lowest BCUT2D eigenvalue weighted by atomic mass is 9.95. The van der Waals surface area contributed by atoms with Crippen LogP contribution in [0.5, 0.6) is 0 Å². The van der Waals surface area contributed by atoms with Crippen LogP contribution in [0.4, 0.5) is 5.82 Å². The predicted octanol–water partition coefficient (Wildman–Crippen LogP) is 3.10. The summed E-state index contributed by atoms with van der Waals surface area (Å²) < 4.78 is 5.37. The molecule has 2 aliphatic rings. The summed E-state index contributed by atoms with van der Waals surface area (Å²) in [5.74, 6) is 1.03. The van der Waals surface area contributed by atoms with Crippen LogP contribution in [0.25, 0.3) is 0 Å². The molecule has 1 saturated heterocycles. The van der Waals surface area contributed by atoms with Crippen LogP contribution < -0.4 is 4.90 Å². The van der Waals surface area contributed by atoms with E-state index in [4.69, 9.17) is 4.74 Å². The van der Waals surface area contributed by atoms with Gasteiger partial charge in [0.15, 0.2) is 0 Å². The minimum atomic E-state index is 0.0987. The van der Waals surface area contributed by atoms with Gasteiger partial charge in [-0.2, -0.15) is 0 Å². The zero-order chi connectivity index (χ0) is 16.8. The number of carbonyl (C=O) groups excluding carboxylic acids is 1. The van der Waals surface area contributed by atoms with E-state index in [1.807, 2.05) is 24.1 Å². The molecular weight excluding hydrogens is 302 g/mol. The van der Waals surface area contributed by atoms with Crippen LogP contribution in [0.15, 0.2) is 18.3 Å². The second-order valence-electron chi connectivity index (χ2n) is 6.92. The number of anilines is 1. The van der Waals surface area contributed by atoms with Gasteiger partial charge in [-0.05, 0) is 25.0 Å². The Kier molecular flexibility index (Phi) is 6.07. The van der Waals surface area contributed by atoms with E-state index in [1.54, 1.807) is 6.20 Å². The number of ether oxygens (including phenoxy) is 1. The number of pyridine rings is 1. The topological polar surface area (TPSA) is 45.7 Å². The first-order valence-electron chi connectivity index (χ1n) is 9.31. The number of nitrogens with zero attached hydrogens (tertiary/aromatic N) is 3. The minimum absolute atomic E-state index is 0.0987. The Morgan fingerprint density at radius 3 is 2.42 bits per heavy atom. The molecule has 2 heterocycles. The monoisotopic (exact) mass is 331 g/mol. The Balaban J connectivity index is 1.62. The summed E-state index contributed by atoms with van der Waals surface area (Å²) in [6.07, 6.45) is 10.4. The molecule has 24 heavy (non-hydrogen) atoms. The molecule has 1 aliphatic carbocycles. The quantitative estimate of drug-likeness (QED) is 0.854. The highest BCUT2D eigenvalue weighted by Gasteiger charge is 2.22. The number of amides is 1. The molecule has 1 aromatic rings. The lowest BCUT2D eigenvalue weighted by Gasteiger charge is -2.30. The van der Waals surface area contributed by atoms with Crippen molar-refractivity contribution in [2.45, 2.75) is 51.0 Å². The molecule has 5 nitrogen and oxygen atoms in total. The van der Waals surface area contributed by atoms with Crippen LogP contribution in [0.1, 0.15) is 55.3 Å². The van der Waals surface area contributed by atoms with Gasteiger partial charge in [0.25, 0.3) is 5.91 Å². The van der Waals surface area contributed by atoms with Crippen molar-refractivity contribution >= 4 is 11.7 Å². The zero-order valence-corrected chi connectivity index (χ0v) is 14.7. The summed E-state index contributed by atoms with van der Waals surface area (Å²) in [6.45, 7) is 3.21. The Bertz CT molecular complexity index is 518. The van der Waals surface area contributed by atoms with Gasteiger partial charge in [-0.15, -0.1) is 0 Å². The molecule has 0 aromatic carbocycles. The number of morpholine rings is 1. The van der Waals surface area contributed by atoms with Crippen molar-refractivity contribution in [3.05, 3.63) is 23.9 Å². The highest BCUT2D eigenvalue weighted by Crippen LogP contribution is 2.22. The van der Waals surface area contributed by atoms with E-state index in [-0.39, 0.29) is 5.91 Å². The molecule has 0 spiro atoms. The summed E-state index contributed by atoms with van der Waals surface area (Å²) in [5, 5.41) is 0. The van der Waals surface area contributed by atoms with E-state index >= 15 is 0 Å². The lowest BCUT2D eigenvalue weighted by molar-refractivity contribution is 0.0706. The minimum Gasteiger partial charge on any atom is -0.378 e. The van der Waals surface area contributed by atoms with Crippen LogP contribution in [0, 0.1) is 0 Å². The fraction of sp³-hybridized carbons (Fsp3) is 0.684. The lowest BCUT2D eigenvalue weighted by Crippen LogP contribution is -2.38. The number of aromatic nitrogens is 1.